The number of benzene rings is 2. The van der Waals surface area contributed by atoms with Crippen molar-refractivity contribution in [3.8, 4) is 11.5 Å². The van der Waals surface area contributed by atoms with Gasteiger partial charge in [-0.2, -0.15) is 0 Å². The fourth-order valence-corrected chi connectivity index (χ4v) is 7.32. The molecule has 1 N–H and O–H groups in total. The van der Waals surface area contributed by atoms with Crippen molar-refractivity contribution in [2.24, 2.45) is 28.6 Å². The standard InChI is InChI=1S/C31H41NO4/c1-19-10-8-11-21(14-19)29(34)32-25-18-26-30(3,4)12-9-13-31(26,5)27(20(25)2)28(33)22-15-23(35-6)17-24(16-22)36-7/h8,10-11,14-17,20,25-27H,9,12-13,18H2,1-7H3,(H,32,34)/t20-,25-,26+,27-,31+/m1/s1. The first-order valence-corrected chi connectivity index (χ1v) is 13.1. The van der Waals surface area contributed by atoms with Gasteiger partial charge in [-0.15, -0.1) is 0 Å². The Morgan fingerprint density at radius 3 is 2.22 bits per heavy atom. The molecule has 5 nitrogen and oxygen atoms in total. The zero-order valence-corrected chi connectivity index (χ0v) is 22.8. The molecule has 2 aliphatic carbocycles. The topological polar surface area (TPSA) is 64.6 Å². The smallest absolute Gasteiger partial charge is 0.251 e. The van der Waals surface area contributed by atoms with Crippen molar-refractivity contribution in [3.05, 3.63) is 59.2 Å². The summed E-state index contributed by atoms with van der Waals surface area (Å²) in [4.78, 5) is 27.6. The molecule has 2 aromatic rings. The molecule has 2 aromatic carbocycles. The van der Waals surface area contributed by atoms with Crippen molar-refractivity contribution in [2.45, 2.75) is 66.3 Å². The largest absolute Gasteiger partial charge is 0.497 e. The van der Waals surface area contributed by atoms with E-state index in [1.54, 1.807) is 20.3 Å². The molecule has 0 aromatic heterocycles. The number of carbonyl (C=O) groups excluding carboxylic acids is 2. The van der Waals surface area contributed by atoms with Crippen LogP contribution in [0.25, 0.3) is 0 Å². The Hall–Kier alpha value is -2.82. The summed E-state index contributed by atoms with van der Waals surface area (Å²) in [7, 11) is 3.20. The number of ketones is 1. The molecule has 194 valence electrons. The lowest BCUT2D eigenvalue weighted by Gasteiger charge is -2.60. The molecule has 5 heteroatoms. The summed E-state index contributed by atoms with van der Waals surface area (Å²) in [6.45, 7) is 11.1. The molecule has 0 bridgehead atoms. The van der Waals surface area contributed by atoms with Crippen LogP contribution in [0.4, 0.5) is 0 Å². The van der Waals surface area contributed by atoms with Crippen LogP contribution < -0.4 is 14.8 Å². The Bertz CT molecular complexity index is 1120. The molecule has 0 aliphatic heterocycles. The minimum absolute atomic E-state index is 0.0152. The van der Waals surface area contributed by atoms with Gasteiger partial charge in [-0.3, -0.25) is 9.59 Å². The first-order chi connectivity index (χ1) is 17.0. The van der Waals surface area contributed by atoms with E-state index in [0.29, 0.717) is 28.5 Å². The molecule has 0 unspecified atom stereocenters. The van der Waals surface area contributed by atoms with Crippen LogP contribution in [0.2, 0.25) is 0 Å². The maximum Gasteiger partial charge on any atom is 0.251 e. The highest BCUT2D eigenvalue weighted by Crippen LogP contribution is 2.61. The first kappa shape index (κ1) is 26.2. The van der Waals surface area contributed by atoms with E-state index < -0.39 is 0 Å². The molecule has 36 heavy (non-hydrogen) atoms. The van der Waals surface area contributed by atoms with E-state index in [9.17, 15) is 9.59 Å². The number of nitrogens with one attached hydrogen (secondary N) is 1. The van der Waals surface area contributed by atoms with Crippen molar-refractivity contribution < 1.29 is 19.1 Å². The molecule has 0 heterocycles. The summed E-state index contributed by atoms with van der Waals surface area (Å²) in [6.07, 6.45) is 4.14. The molecule has 0 saturated heterocycles. The molecule has 2 fully saturated rings. The van der Waals surface area contributed by atoms with E-state index in [4.69, 9.17) is 9.47 Å². The monoisotopic (exact) mass is 491 g/mol. The van der Waals surface area contributed by atoms with Gasteiger partial charge in [-0.05, 0) is 73.1 Å². The lowest BCUT2D eigenvalue weighted by molar-refractivity contribution is -0.0902. The summed E-state index contributed by atoms with van der Waals surface area (Å²) in [5.41, 5.74) is 2.26. The van der Waals surface area contributed by atoms with E-state index in [1.165, 1.54) is 0 Å². The summed E-state index contributed by atoms with van der Waals surface area (Å²) in [5, 5.41) is 3.34. The van der Waals surface area contributed by atoms with Gasteiger partial charge in [0.05, 0.1) is 14.2 Å². The lowest BCUT2D eigenvalue weighted by Crippen LogP contribution is -2.60. The highest BCUT2D eigenvalue weighted by atomic mass is 16.5. The van der Waals surface area contributed by atoms with Crippen molar-refractivity contribution >= 4 is 11.7 Å². The van der Waals surface area contributed by atoms with E-state index >= 15 is 0 Å². The molecule has 0 radical (unpaired) electrons. The van der Waals surface area contributed by atoms with Gasteiger partial charge in [0.1, 0.15) is 11.5 Å². The van der Waals surface area contributed by atoms with Crippen molar-refractivity contribution in [1.82, 2.24) is 5.32 Å². The SMILES string of the molecule is COc1cc(OC)cc(C(=O)[C@H]2[C@H](C)[C@H](NC(=O)c3cccc(C)c3)C[C@H]3C(C)(C)CCC[C@]23C)c1. The van der Waals surface area contributed by atoms with Crippen LogP contribution in [-0.4, -0.2) is 32.0 Å². The summed E-state index contributed by atoms with van der Waals surface area (Å²) in [5.74, 6) is 1.34. The molecule has 2 saturated carbocycles. The third-order valence-corrected chi connectivity index (χ3v) is 9.15. The van der Waals surface area contributed by atoms with Crippen molar-refractivity contribution in [1.29, 1.82) is 0 Å². The first-order valence-electron chi connectivity index (χ1n) is 13.1. The van der Waals surface area contributed by atoms with E-state index in [1.807, 2.05) is 43.3 Å². The van der Waals surface area contributed by atoms with Crippen LogP contribution in [0.15, 0.2) is 42.5 Å². The zero-order chi connectivity index (χ0) is 26.3. The maximum absolute atomic E-state index is 14.3. The van der Waals surface area contributed by atoms with Gasteiger partial charge in [0, 0.05) is 29.2 Å². The molecular formula is C31H41NO4. The van der Waals surface area contributed by atoms with Gasteiger partial charge >= 0.3 is 0 Å². The van der Waals surface area contributed by atoms with Crippen molar-refractivity contribution in [3.63, 3.8) is 0 Å². The summed E-state index contributed by atoms with van der Waals surface area (Å²) in [6, 6.07) is 13.0. The Kier molecular flexibility index (Phi) is 7.23. The summed E-state index contributed by atoms with van der Waals surface area (Å²) >= 11 is 0. The number of carbonyl (C=O) groups is 2. The minimum atomic E-state index is -0.226. The number of hydrogen-bond donors (Lipinski definition) is 1. The summed E-state index contributed by atoms with van der Waals surface area (Å²) < 4.78 is 10.9. The Balaban J connectivity index is 1.74. The number of ether oxygens (including phenoxy) is 2. The minimum Gasteiger partial charge on any atom is -0.497 e. The number of methoxy groups -OCH3 is 2. The molecule has 5 atom stereocenters. The highest BCUT2D eigenvalue weighted by molar-refractivity contribution is 6.00. The van der Waals surface area contributed by atoms with E-state index in [2.05, 4.69) is 33.0 Å². The second-order valence-corrected chi connectivity index (χ2v) is 11.9. The highest BCUT2D eigenvalue weighted by Gasteiger charge is 2.58. The predicted molar refractivity (Wildman–Crippen MR) is 143 cm³/mol. The number of rotatable bonds is 6. The van der Waals surface area contributed by atoms with Gasteiger partial charge < -0.3 is 14.8 Å². The van der Waals surface area contributed by atoms with Crippen LogP contribution in [0, 0.1) is 35.5 Å². The average molecular weight is 492 g/mol. The maximum atomic E-state index is 14.3. The van der Waals surface area contributed by atoms with Gasteiger partial charge in [0.25, 0.3) is 5.91 Å². The molecule has 2 aliphatic rings. The fourth-order valence-electron chi connectivity index (χ4n) is 7.32. The third-order valence-electron chi connectivity index (χ3n) is 9.15. The van der Waals surface area contributed by atoms with Gasteiger partial charge in [-0.25, -0.2) is 0 Å². The normalized spacial score (nSPS) is 29.1. The molecule has 1 amide bonds. The number of Topliss-reactive ketones (excluding diaryl/α,β-unsaturated/α-hetero) is 1. The van der Waals surface area contributed by atoms with E-state index in [0.717, 1.165) is 31.2 Å². The molecular weight excluding hydrogens is 450 g/mol. The van der Waals surface area contributed by atoms with Gasteiger partial charge in [0.15, 0.2) is 5.78 Å². The molecule has 0 spiro atoms. The van der Waals surface area contributed by atoms with Gasteiger partial charge in [-0.1, -0.05) is 51.8 Å². The fraction of sp³-hybridized carbons (Fsp3) is 0.548. The second kappa shape index (κ2) is 9.91. The van der Waals surface area contributed by atoms with Crippen LogP contribution in [0.3, 0.4) is 0 Å². The Morgan fingerprint density at radius 1 is 0.944 bits per heavy atom. The number of aryl methyl sites for hydroxylation is 1. The van der Waals surface area contributed by atoms with E-state index in [-0.39, 0.29) is 40.4 Å². The Morgan fingerprint density at radius 2 is 1.61 bits per heavy atom. The van der Waals surface area contributed by atoms with Crippen LogP contribution in [-0.2, 0) is 0 Å². The quantitative estimate of drug-likeness (QED) is 0.470. The van der Waals surface area contributed by atoms with Gasteiger partial charge in [0.2, 0.25) is 0 Å². The lowest BCUT2D eigenvalue weighted by atomic mass is 9.45. The number of fused-ring (bicyclic) bond motifs is 1. The van der Waals surface area contributed by atoms with Crippen LogP contribution in [0.5, 0.6) is 11.5 Å². The zero-order valence-electron chi connectivity index (χ0n) is 22.8. The number of hydrogen-bond acceptors (Lipinski definition) is 4. The average Bonchev–Trinajstić information content (AvgIpc) is 2.84. The van der Waals surface area contributed by atoms with Crippen molar-refractivity contribution in [2.75, 3.05) is 14.2 Å². The third kappa shape index (κ3) is 4.77. The van der Waals surface area contributed by atoms with Crippen LogP contribution in [0.1, 0.15) is 79.7 Å². The predicted octanol–water partition coefficient (Wildman–Crippen LogP) is 6.48. The molecule has 4 rings (SSSR count). The van der Waals surface area contributed by atoms with Crippen LogP contribution >= 0.6 is 0 Å². The Labute approximate surface area is 216 Å². The second-order valence-electron chi connectivity index (χ2n) is 11.9. The number of amides is 1.